The largest absolute Gasteiger partial charge is 0.309 e. The zero-order valence-corrected chi connectivity index (χ0v) is 33.6. The third kappa shape index (κ3) is 5.24. The van der Waals surface area contributed by atoms with Gasteiger partial charge in [-0.1, -0.05) is 121 Å². The first-order valence-corrected chi connectivity index (χ1v) is 21.5. The minimum absolute atomic E-state index is 0.715. The summed E-state index contributed by atoms with van der Waals surface area (Å²) in [4.78, 5) is 10.2. The Kier molecular flexibility index (Phi) is 7.44. The highest BCUT2D eigenvalue weighted by Crippen LogP contribution is 2.45. The first-order chi connectivity index (χ1) is 30.2. The standard InChI is InChI=1S/C56H34N4S/c1-3-13-35(14-4-1)54-44-19-7-10-20-47(44)57-56(58-54)36-23-27-40(28-24-36)60-50-31-26-38(34-46(50)53-51(60)32-29-43-42-18-9-12-22-52(42)61-55(43)53)37-25-30-49-45(33-37)41-17-8-11-21-48(41)59(49)39-15-5-2-6-16-39/h1-34H. The molecule has 0 N–H and O–H groups in total. The maximum atomic E-state index is 5.16. The van der Waals surface area contributed by atoms with Gasteiger partial charge in [-0.2, -0.15) is 0 Å². The fourth-order valence-electron chi connectivity index (χ4n) is 9.53. The van der Waals surface area contributed by atoms with Gasteiger partial charge in [-0.05, 0) is 96.1 Å². The number of benzene rings is 9. The predicted molar refractivity (Wildman–Crippen MR) is 257 cm³/mol. The average molecular weight is 795 g/mol. The second kappa shape index (κ2) is 13.3. The number of hydrogen-bond acceptors (Lipinski definition) is 3. The molecule has 284 valence electrons. The summed E-state index contributed by atoms with van der Waals surface area (Å²) in [5, 5.41) is 8.67. The van der Waals surface area contributed by atoms with E-state index in [-0.39, 0.29) is 0 Å². The number of hydrogen-bond donors (Lipinski definition) is 0. The Morgan fingerprint density at radius 2 is 0.918 bits per heavy atom. The fraction of sp³-hybridized carbons (Fsp3) is 0. The quantitative estimate of drug-likeness (QED) is 0.174. The lowest BCUT2D eigenvalue weighted by atomic mass is 10.00. The third-order valence-corrected chi connectivity index (χ3v) is 13.5. The molecule has 0 aliphatic rings. The van der Waals surface area contributed by atoms with Crippen LogP contribution in [-0.2, 0) is 0 Å². The summed E-state index contributed by atoms with van der Waals surface area (Å²) in [6.45, 7) is 0. The van der Waals surface area contributed by atoms with E-state index in [1.165, 1.54) is 74.9 Å². The maximum absolute atomic E-state index is 5.16. The molecule has 0 bridgehead atoms. The molecule has 5 heteroatoms. The summed E-state index contributed by atoms with van der Waals surface area (Å²) in [7, 11) is 0. The van der Waals surface area contributed by atoms with Crippen LogP contribution in [0.4, 0.5) is 0 Å². The SMILES string of the molecule is c1ccc(-c2nc(-c3ccc(-n4c5ccc(-c6ccc7c(c6)c6ccccc6n7-c6ccccc6)cc5c5c6sc7ccccc7c6ccc54)cc3)nc3ccccc23)cc1. The van der Waals surface area contributed by atoms with Crippen molar-refractivity contribution in [2.75, 3.05) is 0 Å². The van der Waals surface area contributed by atoms with Crippen molar-refractivity contribution < 1.29 is 0 Å². The molecule has 0 aliphatic carbocycles. The van der Waals surface area contributed by atoms with E-state index in [1.54, 1.807) is 0 Å². The topological polar surface area (TPSA) is 35.6 Å². The van der Waals surface area contributed by atoms with Gasteiger partial charge < -0.3 is 9.13 Å². The van der Waals surface area contributed by atoms with E-state index in [0.29, 0.717) is 5.82 Å². The van der Waals surface area contributed by atoms with Crippen molar-refractivity contribution in [3.63, 3.8) is 0 Å². The Morgan fingerprint density at radius 3 is 1.72 bits per heavy atom. The molecule has 0 fully saturated rings. The molecule has 61 heavy (non-hydrogen) atoms. The van der Waals surface area contributed by atoms with Crippen molar-refractivity contribution in [1.29, 1.82) is 0 Å². The summed E-state index contributed by atoms with van der Waals surface area (Å²) in [6, 6.07) is 74.2. The Bertz CT molecular complexity index is 3860. The van der Waals surface area contributed by atoms with Crippen LogP contribution in [0, 0.1) is 0 Å². The molecule has 0 saturated carbocycles. The van der Waals surface area contributed by atoms with Crippen LogP contribution in [0.3, 0.4) is 0 Å². The van der Waals surface area contributed by atoms with Crippen LogP contribution in [0.25, 0.3) is 120 Å². The first-order valence-electron chi connectivity index (χ1n) is 20.7. The lowest BCUT2D eigenvalue weighted by Crippen LogP contribution is -1.97. The van der Waals surface area contributed by atoms with Gasteiger partial charge in [0.2, 0.25) is 0 Å². The highest BCUT2D eigenvalue weighted by atomic mass is 32.1. The van der Waals surface area contributed by atoms with Crippen LogP contribution in [0.1, 0.15) is 0 Å². The zero-order valence-electron chi connectivity index (χ0n) is 32.8. The molecule has 0 radical (unpaired) electrons. The Morgan fingerprint density at radius 1 is 0.344 bits per heavy atom. The van der Waals surface area contributed by atoms with E-state index in [2.05, 4.69) is 203 Å². The number of nitrogens with zero attached hydrogens (tertiary/aromatic N) is 4. The molecular formula is C56H34N4S. The molecule has 4 nitrogen and oxygen atoms in total. The van der Waals surface area contributed by atoms with Crippen molar-refractivity contribution in [2.45, 2.75) is 0 Å². The second-order valence-corrected chi connectivity index (χ2v) is 16.8. The summed E-state index contributed by atoms with van der Waals surface area (Å²) in [5.41, 5.74) is 13.4. The van der Waals surface area contributed by atoms with Crippen LogP contribution < -0.4 is 0 Å². The minimum Gasteiger partial charge on any atom is -0.309 e. The predicted octanol–water partition coefficient (Wildman–Crippen LogP) is 15.2. The molecule has 0 amide bonds. The monoisotopic (exact) mass is 794 g/mol. The summed E-state index contributed by atoms with van der Waals surface area (Å²) in [6.07, 6.45) is 0. The van der Waals surface area contributed by atoms with Crippen LogP contribution in [0.2, 0.25) is 0 Å². The third-order valence-electron chi connectivity index (χ3n) is 12.3. The lowest BCUT2D eigenvalue weighted by Gasteiger charge is -2.11. The molecule has 9 aromatic carbocycles. The number of para-hydroxylation sites is 3. The van der Waals surface area contributed by atoms with E-state index in [4.69, 9.17) is 9.97 Å². The van der Waals surface area contributed by atoms with Crippen molar-refractivity contribution in [1.82, 2.24) is 19.1 Å². The van der Waals surface area contributed by atoms with E-state index < -0.39 is 0 Å². The van der Waals surface area contributed by atoms with Crippen LogP contribution in [-0.4, -0.2) is 19.1 Å². The van der Waals surface area contributed by atoms with Crippen molar-refractivity contribution in [3.05, 3.63) is 206 Å². The van der Waals surface area contributed by atoms with Gasteiger partial charge in [0.1, 0.15) is 0 Å². The number of aromatic nitrogens is 4. The smallest absolute Gasteiger partial charge is 0.160 e. The van der Waals surface area contributed by atoms with Crippen LogP contribution in [0.15, 0.2) is 206 Å². The summed E-state index contributed by atoms with van der Waals surface area (Å²) >= 11 is 1.89. The minimum atomic E-state index is 0.715. The molecular weight excluding hydrogens is 761 g/mol. The van der Waals surface area contributed by atoms with Crippen molar-refractivity contribution in [3.8, 4) is 45.1 Å². The van der Waals surface area contributed by atoms with Crippen LogP contribution in [0.5, 0.6) is 0 Å². The van der Waals surface area contributed by atoms with Gasteiger partial charge in [-0.25, -0.2) is 9.97 Å². The van der Waals surface area contributed by atoms with Crippen LogP contribution >= 0.6 is 11.3 Å². The molecule has 13 rings (SSSR count). The molecule has 0 aliphatic heterocycles. The van der Waals surface area contributed by atoms with Gasteiger partial charge in [0.15, 0.2) is 5.82 Å². The van der Waals surface area contributed by atoms with E-state index in [1.807, 2.05) is 23.5 Å². The van der Waals surface area contributed by atoms with Crippen molar-refractivity contribution >= 4 is 86.0 Å². The normalized spacial score (nSPS) is 11.9. The van der Waals surface area contributed by atoms with Gasteiger partial charge in [-0.15, -0.1) is 11.3 Å². The molecule has 4 heterocycles. The summed E-state index contributed by atoms with van der Waals surface area (Å²) in [5.74, 6) is 0.715. The Hall–Kier alpha value is -7.86. The molecule has 13 aromatic rings. The second-order valence-electron chi connectivity index (χ2n) is 15.7. The van der Waals surface area contributed by atoms with Gasteiger partial charge >= 0.3 is 0 Å². The maximum Gasteiger partial charge on any atom is 0.160 e. The molecule has 0 atom stereocenters. The lowest BCUT2D eigenvalue weighted by molar-refractivity contribution is 1.17. The average Bonchev–Trinajstić information content (AvgIpc) is 3.99. The van der Waals surface area contributed by atoms with Gasteiger partial charge in [-0.3, -0.25) is 0 Å². The highest BCUT2D eigenvalue weighted by molar-refractivity contribution is 7.26. The fourth-order valence-corrected chi connectivity index (χ4v) is 10.8. The highest BCUT2D eigenvalue weighted by Gasteiger charge is 2.20. The van der Waals surface area contributed by atoms with Gasteiger partial charge in [0.05, 0.1) is 33.3 Å². The van der Waals surface area contributed by atoms with E-state index >= 15 is 0 Å². The van der Waals surface area contributed by atoms with Gasteiger partial charge in [0.25, 0.3) is 0 Å². The molecule has 4 aromatic heterocycles. The zero-order chi connectivity index (χ0) is 40.0. The number of fused-ring (bicyclic) bond motifs is 11. The number of rotatable bonds is 5. The first kappa shape index (κ1) is 34.0. The summed E-state index contributed by atoms with van der Waals surface area (Å²) < 4.78 is 7.42. The molecule has 0 saturated heterocycles. The number of thiophene rings is 1. The Labute approximate surface area is 354 Å². The van der Waals surface area contributed by atoms with Crippen molar-refractivity contribution in [2.24, 2.45) is 0 Å². The van der Waals surface area contributed by atoms with E-state index in [9.17, 15) is 0 Å². The van der Waals surface area contributed by atoms with Gasteiger partial charge in [0, 0.05) is 69.6 Å². The Balaban J connectivity index is 0.996. The molecule has 0 spiro atoms. The van der Waals surface area contributed by atoms with E-state index in [0.717, 1.165) is 39.1 Å². The molecule has 0 unspecified atom stereocenters.